The number of thiocarbonyl (C=S) groups is 1. The predicted octanol–water partition coefficient (Wildman–Crippen LogP) is 6.36. The van der Waals surface area contributed by atoms with E-state index in [9.17, 15) is 4.79 Å². The zero-order valence-electron chi connectivity index (χ0n) is 19.9. The highest BCUT2D eigenvalue weighted by atomic mass is 35.5. The van der Waals surface area contributed by atoms with Gasteiger partial charge >= 0.3 is 0 Å². The molecule has 0 aliphatic carbocycles. The van der Waals surface area contributed by atoms with Crippen LogP contribution in [0, 0.1) is 0 Å². The Morgan fingerprint density at radius 3 is 2.83 bits per heavy atom. The van der Waals surface area contributed by atoms with E-state index in [-0.39, 0.29) is 12.0 Å². The highest BCUT2D eigenvalue weighted by Gasteiger charge is 2.35. The van der Waals surface area contributed by atoms with E-state index in [2.05, 4.69) is 0 Å². The molecule has 3 heterocycles. The second-order valence-electron chi connectivity index (χ2n) is 8.63. The quantitative estimate of drug-likeness (QED) is 0.245. The second kappa shape index (κ2) is 11.2. The van der Waals surface area contributed by atoms with Crippen molar-refractivity contribution in [3.63, 3.8) is 0 Å². The Hall–Kier alpha value is -2.65. The molecule has 0 N–H and O–H groups in total. The van der Waals surface area contributed by atoms with Crippen LogP contribution in [0.25, 0.3) is 23.0 Å². The number of carbonyl (C=O) groups is 1. The van der Waals surface area contributed by atoms with E-state index in [4.69, 9.17) is 38.4 Å². The van der Waals surface area contributed by atoms with Crippen LogP contribution < -0.4 is 4.74 Å². The lowest BCUT2D eigenvalue weighted by Gasteiger charge is -2.18. The molecule has 2 aliphatic heterocycles. The first-order valence-electron chi connectivity index (χ1n) is 12.0. The number of thioether (sulfide) groups is 1. The molecule has 2 aliphatic rings. The average molecular weight is 540 g/mol. The summed E-state index contributed by atoms with van der Waals surface area (Å²) in [5.74, 6) is 0.543. The molecule has 0 unspecified atom stereocenters. The summed E-state index contributed by atoms with van der Waals surface area (Å²) in [5, 5.41) is 5.38. The van der Waals surface area contributed by atoms with Crippen molar-refractivity contribution in [3.05, 3.63) is 70.2 Å². The van der Waals surface area contributed by atoms with Gasteiger partial charge in [0, 0.05) is 23.9 Å². The molecule has 2 aromatic carbocycles. The molecule has 0 bridgehead atoms. The largest absolute Gasteiger partial charge is 0.492 e. The van der Waals surface area contributed by atoms with Crippen molar-refractivity contribution in [1.82, 2.24) is 14.7 Å². The fraction of sp³-hybridized carbons (Fsp3) is 0.296. The number of ether oxygens (including phenoxy) is 2. The van der Waals surface area contributed by atoms with Crippen molar-refractivity contribution >= 4 is 51.9 Å². The standard InChI is InChI=1S/C27H26ClN3O3S2/c1-2-12-34-23-11-10-18(14-22(23)28)25-19(16-31(29-25)20-7-4-3-5-8-20)15-24-26(32)30(27(35)36-24)17-21-9-6-13-33-21/h3-5,7-8,10-11,14-16,21H,2,6,9,12-13,17H2,1H3/b24-15-/t21-/m0/s1. The van der Waals surface area contributed by atoms with Crippen molar-refractivity contribution in [2.24, 2.45) is 0 Å². The number of hydrogen-bond donors (Lipinski definition) is 0. The number of carbonyl (C=O) groups excluding carboxylic acids is 1. The molecule has 2 saturated heterocycles. The van der Waals surface area contributed by atoms with E-state index in [1.54, 1.807) is 4.90 Å². The van der Waals surface area contributed by atoms with Gasteiger partial charge in [0.15, 0.2) is 0 Å². The topological polar surface area (TPSA) is 56.6 Å². The fourth-order valence-electron chi connectivity index (χ4n) is 4.20. The Kier molecular flexibility index (Phi) is 7.76. The maximum atomic E-state index is 13.3. The third-order valence-corrected chi connectivity index (χ3v) is 7.67. The Morgan fingerprint density at radius 2 is 2.11 bits per heavy atom. The molecule has 36 heavy (non-hydrogen) atoms. The third-order valence-electron chi connectivity index (χ3n) is 6.00. The van der Waals surface area contributed by atoms with Crippen LogP contribution in [0.4, 0.5) is 0 Å². The van der Waals surface area contributed by atoms with E-state index >= 15 is 0 Å². The number of benzene rings is 2. The van der Waals surface area contributed by atoms with Crippen molar-refractivity contribution in [1.29, 1.82) is 0 Å². The van der Waals surface area contributed by atoms with Crippen LogP contribution in [0.15, 0.2) is 59.6 Å². The van der Waals surface area contributed by atoms with Gasteiger partial charge in [-0.15, -0.1) is 0 Å². The molecule has 0 radical (unpaired) electrons. The molecule has 5 rings (SSSR count). The van der Waals surface area contributed by atoms with Crippen molar-refractivity contribution < 1.29 is 14.3 Å². The summed E-state index contributed by atoms with van der Waals surface area (Å²) in [6, 6.07) is 15.5. The number of nitrogens with zero attached hydrogens (tertiary/aromatic N) is 3. The molecule has 0 saturated carbocycles. The molecule has 6 nitrogen and oxygen atoms in total. The first kappa shape index (κ1) is 25.0. The van der Waals surface area contributed by atoms with E-state index in [1.165, 1.54) is 11.8 Å². The minimum Gasteiger partial charge on any atom is -0.492 e. The van der Waals surface area contributed by atoms with Crippen LogP contribution in [0.5, 0.6) is 5.75 Å². The molecular formula is C27H26ClN3O3S2. The Bertz CT molecular complexity index is 1300. The normalized spacial score (nSPS) is 19.0. The summed E-state index contributed by atoms with van der Waals surface area (Å²) in [6.07, 6.45) is 6.69. The van der Waals surface area contributed by atoms with E-state index in [0.29, 0.717) is 38.8 Å². The predicted molar refractivity (Wildman–Crippen MR) is 149 cm³/mol. The summed E-state index contributed by atoms with van der Waals surface area (Å²) in [7, 11) is 0. The monoisotopic (exact) mass is 539 g/mol. The van der Waals surface area contributed by atoms with Crippen LogP contribution in [-0.4, -0.2) is 50.8 Å². The van der Waals surface area contributed by atoms with Crippen LogP contribution in [0.2, 0.25) is 5.02 Å². The maximum Gasteiger partial charge on any atom is 0.266 e. The van der Waals surface area contributed by atoms with E-state index < -0.39 is 0 Å². The van der Waals surface area contributed by atoms with Gasteiger partial charge in [-0.25, -0.2) is 4.68 Å². The molecule has 1 atom stereocenters. The van der Waals surface area contributed by atoms with Gasteiger partial charge in [-0.3, -0.25) is 9.69 Å². The second-order valence-corrected chi connectivity index (χ2v) is 10.7. The minimum absolute atomic E-state index is 0.0406. The van der Waals surface area contributed by atoms with Gasteiger partial charge in [-0.05, 0) is 55.7 Å². The molecule has 2 fully saturated rings. The number of amides is 1. The van der Waals surface area contributed by atoms with Crippen LogP contribution in [-0.2, 0) is 9.53 Å². The summed E-state index contributed by atoms with van der Waals surface area (Å²) in [5.41, 5.74) is 3.26. The summed E-state index contributed by atoms with van der Waals surface area (Å²) in [6.45, 7) is 3.88. The Labute approximate surface area is 225 Å². The number of aromatic nitrogens is 2. The van der Waals surface area contributed by atoms with Gasteiger partial charge in [0.1, 0.15) is 15.8 Å². The first-order chi connectivity index (χ1) is 17.5. The lowest BCUT2D eigenvalue weighted by Crippen LogP contribution is -2.35. The summed E-state index contributed by atoms with van der Waals surface area (Å²) < 4.78 is 13.8. The van der Waals surface area contributed by atoms with Gasteiger partial charge < -0.3 is 9.47 Å². The van der Waals surface area contributed by atoms with Gasteiger partial charge in [-0.1, -0.05) is 60.7 Å². The molecule has 9 heteroatoms. The van der Waals surface area contributed by atoms with Crippen molar-refractivity contribution in [2.45, 2.75) is 32.3 Å². The molecule has 1 aromatic heterocycles. The zero-order valence-corrected chi connectivity index (χ0v) is 22.2. The Balaban J connectivity index is 1.50. The minimum atomic E-state index is -0.0970. The lowest BCUT2D eigenvalue weighted by atomic mass is 10.1. The number of hydrogen-bond acceptors (Lipinski definition) is 6. The average Bonchev–Trinajstić information content (AvgIpc) is 3.61. The molecule has 186 valence electrons. The Morgan fingerprint density at radius 1 is 1.28 bits per heavy atom. The van der Waals surface area contributed by atoms with Gasteiger partial charge in [0.25, 0.3) is 5.91 Å². The lowest BCUT2D eigenvalue weighted by molar-refractivity contribution is -0.123. The third kappa shape index (κ3) is 5.37. The zero-order chi connectivity index (χ0) is 25.1. The molecular weight excluding hydrogens is 514 g/mol. The van der Waals surface area contributed by atoms with Gasteiger partial charge in [0.2, 0.25) is 0 Å². The first-order valence-corrected chi connectivity index (χ1v) is 13.6. The molecule has 0 spiro atoms. The van der Waals surface area contributed by atoms with Gasteiger partial charge in [-0.2, -0.15) is 5.10 Å². The SMILES string of the molecule is CCCOc1ccc(-c2nn(-c3ccccc3)cc2/C=C2\SC(=S)N(C[C@@H]3CCCO3)C2=O)cc1Cl. The van der Waals surface area contributed by atoms with E-state index in [1.807, 2.05) is 72.4 Å². The van der Waals surface area contributed by atoms with E-state index in [0.717, 1.165) is 42.7 Å². The maximum absolute atomic E-state index is 13.3. The summed E-state index contributed by atoms with van der Waals surface area (Å²) in [4.78, 5) is 15.5. The summed E-state index contributed by atoms with van der Waals surface area (Å²) >= 11 is 13.4. The van der Waals surface area contributed by atoms with Crippen LogP contribution in [0.3, 0.4) is 0 Å². The number of para-hydroxylation sites is 1. The number of rotatable bonds is 8. The molecule has 3 aromatic rings. The van der Waals surface area contributed by atoms with Crippen LogP contribution >= 0.6 is 35.6 Å². The fourth-order valence-corrected chi connectivity index (χ4v) is 5.70. The van der Waals surface area contributed by atoms with Crippen molar-refractivity contribution in [3.8, 4) is 22.7 Å². The molecule has 1 amide bonds. The van der Waals surface area contributed by atoms with Crippen LogP contribution in [0.1, 0.15) is 31.7 Å². The van der Waals surface area contributed by atoms with Crippen molar-refractivity contribution in [2.75, 3.05) is 19.8 Å². The highest BCUT2D eigenvalue weighted by Crippen LogP contribution is 2.37. The smallest absolute Gasteiger partial charge is 0.266 e. The highest BCUT2D eigenvalue weighted by molar-refractivity contribution is 8.26. The number of halogens is 1. The van der Waals surface area contributed by atoms with Gasteiger partial charge in [0.05, 0.1) is 34.9 Å².